The number of carbonyl (C=O) groups excluding carboxylic acids is 1. The number of hydrogen-bond donors (Lipinski definition) is 0. The van der Waals surface area contributed by atoms with E-state index in [1.807, 2.05) is 19.9 Å². The van der Waals surface area contributed by atoms with Crippen molar-refractivity contribution in [3.05, 3.63) is 52.3 Å². The summed E-state index contributed by atoms with van der Waals surface area (Å²) in [6.07, 6.45) is 0.511. The second-order valence-corrected chi connectivity index (χ2v) is 6.84. The number of nitrogens with zero attached hydrogens (tertiary/aromatic N) is 2. The highest BCUT2D eigenvalue weighted by Crippen LogP contribution is 2.30. The third kappa shape index (κ3) is 3.68. The van der Waals surface area contributed by atoms with Gasteiger partial charge in [-0.05, 0) is 50.1 Å². The van der Waals surface area contributed by atoms with Crippen molar-refractivity contribution in [2.75, 3.05) is 6.61 Å². The number of benzene rings is 1. The molecule has 0 N–H and O–H groups in total. The molecule has 4 rings (SSSR count). The quantitative estimate of drug-likeness (QED) is 0.626. The molecular formula is C19H17ClN2O5. The minimum absolute atomic E-state index is 0.0966. The van der Waals surface area contributed by atoms with Gasteiger partial charge in [-0.25, -0.2) is 0 Å². The summed E-state index contributed by atoms with van der Waals surface area (Å²) in [5.74, 6) is 1.96. The second-order valence-electron chi connectivity index (χ2n) is 6.40. The normalized spacial score (nSPS) is 15.9. The fourth-order valence-electron chi connectivity index (χ4n) is 3.03. The number of aromatic nitrogens is 2. The first-order valence-corrected chi connectivity index (χ1v) is 8.85. The van der Waals surface area contributed by atoms with E-state index in [4.69, 9.17) is 29.9 Å². The number of furan rings is 1. The Morgan fingerprint density at radius 3 is 2.89 bits per heavy atom. The molecule has 2 aromatic heterocycles. The average Bonchev–Trinajstić information content (AvgIpc) is 3.24. The Hall–Kier alpha value is -2.80. The molecule has 0 unspecified atom stereocenters. The van der Waals surface area contributed by atoms with Gasteiger partial charge in [0.05, 0.1) is 11.5 Å². The minimum atomic E-state index is -0.405. The molecule has 0 spiro atoms. The van der Waals surface area contributed by atoms with Crippen LogP contribution in [0.15, 0.2) is 33.1 Å². The van der Waals surface area contributed by atoms with Crippen LogP contribution < -0.4 is 4.74 Å². The molecule has 1 aliphatic rings. The summed E-state index contributed by atoms with van der Waals surface area (Å²) in [6.45, 7) is 3.82. The second kappa shape index (κ2) is 7.08. The molecule has 27 heavy (non-hydrogen) atoms. The Balaban J connectivity index is 1.38. The number of fused-ring (bicyclic) bond motifs is 1. The van der Waals surface area contributed by atoms with Crippen molar-refractivity contribution < 1.29 is 23.1 Å². The molecule has 0 radical (unpaired) electrons. The summed E-state index contributed by atoms with van der Waals surface area (Å²) in [7, 11) is 0. The fraction of sp³-hybridized carbons (Fsp3) is 0.316. The number of rotatable bonds is 4. The maximum atomic E-state index is 12.4. The molecule has 0 bridgehead atoms. The van der Waals surface area contributed by atoms with E-state index >= 15 is 0 Å². The maximum Gasteiger partial charge on any atom is 0.313 e. The maximum absolute atomic E-state index is 12.4. The molecule has 0 fully saturated rings. The number of carbonyl (C=O) groups is 1. The van der Waals surface area contributed by atoms with E-state index < -0.39 is 5.92 Å². The predicted octanol–water partition coefficient (Wildman–Crippen LogP) is 3.89. The summed E-state index contributed by atoms with van der Waals surface area (Å²) in [6, 6.07) is 7.19. The van der Waals surface area contributed by atoms with Crippen LogP contribution in [0.2, 0.25) is 5.02 Å². The van der Waals surface area contributed by atoms with Crippen LogP contribution in [0.25, 0.3) is 11.5 Å². The Morgan fingerprint density at radius 1 is 1.26 bits per heavy atom. The van der Waals surface area contributed by atoms with Crippen LogP contribution in [-0.2, 0) is 22.6 Å². The Kier molecular flexibility index (Phi) is 4.61. The van der Waals surface area contributed by atoms with Crippen molar-refractivity contribution in [3.63, 3.8) is 0 Å². The summed E-state index contributed by atoms with van der Waals surface area (Å²) in [4.78, 5) is 12.4. The van der Waals surface area contributed by atoms with Crippen molar-refractivity contribution in [1.82, 2.24) is 10.2 Å². The molecule has 3 aromatic rings. The molecule has 1 atom stereocenters. The summed E-state index contributed by atoms with van der Waals surface area (Å²) >= 11 is 6.00. The summed E-state index contributed by atoms with van der Waals surface area (Å²) < 4.78 is 22.0. The summed E-state index contributed by atoms with van der Waals surface area (Å²) in [5.41, 5.74) is 1.62. The van der Waals surface area contributed by atoms with Crippen molar-refractivity contribution >= 4 is 17.6 Å². The highest BCUT2D eigenvalue weighted by atomic mass is 35.5. The lowest BCUT2D eigenvalue weighted by Crippen LogP contribution is -2.29. The van der Waals surface area contributed by atoms with Crippen LogP contribution in [0.1, 0.15) is 23.0 Å². The lowest BCUT2D eigenvalue weighted by atomic mass is 9.97. The smallest absolute Gasteiger partial charge is 0.313 e. The molecule has 1 aromatic carbocycles. The third-order valence-electron chi connectivity index (χ3n) is 4.34. The minimum Gasteiger partial charge on any atom is -0.492 e. The van der Waals surface area contributed by atoms with Gasteiger partial charge < -0.3 is 18.3 Å². The fourth-order valence-corrected chi connectivity index (χ4v) is 3.22. The first-order chi connectivity index (χ1) is 13.0. The average molecular weight is 389 g/mol. The molecule has 140 valence electrons. The van der Waals surface area contributed by atoms with Gasteiger partial charge in [0, 0.05) is 5.02 Å². The van der Waals surface area contributed by atoms with Crippen LogP contribution in [0.3, 0.4) is 0 Å². The number of esters is 1. The van der Waals surface area contributed by atoms with E-state index in [0.29, 0.717) is 23.1 Å². The Morgan fingerprint density at radius 2 is 2.11 bits per heavy atom. The van der Waals surface area contributed by atoms with E-state index in [1.54, 1.807) is 18.2 Å². The molecular weight excluding hydrogens is 372 g/mol. The number of ether oxygens (including phenoxy) is 2. The standard InChI is InChI=1S/C19H17ClN2O5/c1-10-5-15(11(2)26-10)18-22-21-17(27-18)9-25-19(23)13-6-12-7-14(20)3-4-16(12)24-8-13/h3-5,7,13H,6,8-9H2,1-2H3/t13-/m0/s1. The van der Waals surface area contributed by atoms with Gasteiger partial charge in [0.25, 0.3) is 11.8 Å². The van der Waals surface area contributed by atoms with Gasteiger partial charge in [-0.15, -0.1) is 10.2 Å². The highest BCUT2D eigenvalue weighted by molar-refractivity contribution is 6.30. The Bertz CT molecular complexity index is 994. The molecule has 0 saturated heterocycles. The van der Waals surface area contributed by atoms with Crippen molar-refractivity contribution in [1.29, 1.82) is 0 Å². The lowest BCUT2D eigenvalue weighted by molar-refractivity contribution is -0.152. The van der Waals surface area contributed by atoms with E-state index in [1.165, 1.54) is 0 Å². The van der Waals surface area contributed by atoms with Gasteiger partial charge in [0.15, 0.2) is 6.61 Å². The zero-order valence-corrected chi connectivity index (χ0v) is 15.6. The third-order valence-corrected chi connectivity index (χ3v) is 4.57. The van der Waals surface area contributed by atoms with E-state index in [-0.39, 0.29) is 25.1 Å². The largest absolute Gasteiger partial charge is 0.492 e. The summed E-state index contributed by atoms with van der Waals surface area (Å²) in [5, 5.41) is 8.51. The first-order valence-electron chi connectivity index (χ1n) is 8.47. The van der Waals surface area contributed by atoms with E-state index in [9.17, 15) is 4.79 Å². The van der Waals surface area contributed by atoms with Crippen LogP contribution in [0, 0.1) is 19.8 Å². The number of aryl methyl sites for hydroxylation is 2. The van der Waals surface area contributed by atoms with E-state index in [2.05, 4.69) is 10.2 Å². The van der Waals surface area contributed by atoms with Gasteiger partial charge in [0.2, 0.25) is 0 Å². The van der Waals surface area contributed by atoms with Crippen LogP contribution in [0.4, 0.5) is 0 Å². The van der Waals surface area contributed by atoms with Crippen LogP contribution >= 0.6 is 11.6 Å². The monoisotopic (exact) mass is 388 g/mol. The molecule has 1 aliphatic heterocycles. The lowest BCUT2D eigenvalue weighted by Gasteiger charge is -2.23. The highest BCUT2D eigenvalue weighted by Gasteiger charge is 2.28. The van der Waals surface area contributed by atoms with Gasteiger partial charge in [-0.2, -0.15) is 0 Å². The first kappa shape index (κ1) is 17.6. The van der Waals surface area contributed by atoms with Crippen LogP contribution in [-0.4, -0.2) is 22.8 Å². The molecule has 8 heteroatoms. The molecule has 0 saturated carbocycles. The number of halogens is 1. The van der Waals surface area contributed by atoms with Crippen LogP contribution in [0.5, 0.6) is 5.75 Å². The zero-order valence-electron chi connectivity index (χ0n) is 14.8. The zero-order chi connectivity index (χ0) is 19.0. The van der Waals surface area contributed by atoms with Crippen molar-refractivity contribution in [2.24, 2.45) is 5.92 Å². The van der Waals surface area contributed by atoms with Gasteiger partial charge >= 0.3 is 5.97 Å². The topological polar surface area (TPSA) is 87.6 Å². The van der Waals surface area contributed by atoms with Gasteiger partial charge in [-0.3, -0.25) is 4.79 Å². The molecule has 0 amide bonds. The molecule has 7 nitrogen and oxygen atoms in total. The van der Waals surface area contributed by atoms with Gasteiger partial charge in [0.1, 0.15) is 23.9 Å². The SMILES string of the molecule is Cc1cc(-c2nnc(COC(=O)[C@@H]3COc4ccc(Cl)cc4C3)o2)c(C)o1. The Labute approximate surface area is 160 Å². The van der Waals surface area contributed by atoms with Gasteiger partial charge in [-0.1, -0.05) is 11.6 Å². The predicted molar refractivity (Wildman–Crippen MR) is 95.4 cm³/mol. The van der Waals surface area contributed by atoms with Crippen molar-refractivity contribution in [3.8, 4) is 17.2 Å². The molecule has 3 heterocycles. The number of hydrogen-bond acceptors (Lipinski definition) is 7. The van der Waals surface area contributed by atoms with Crippen molar-refractivity contribution in [2.45, 2.75) is 26.9 Å². The van der Waals surface area contributed by atoms with E-state index in [0.717, 1.165) is 22.6 Å². The molecule has 0 aliphatic carbocycles.